The maximum atomic E-state index is 13.9. The van der Waals surface area contributed by atoms with Crippen molar-refractivity contribution < 1.29 is 17.9 Å². The van der Waals surface area contributed by atoms with Gasteiger partial charge in [-0.05, 0) is 59.2 Å². The average Bonchev–Trinajstić information content (AvgIpc) is 2.69. The van der Waals surface area contributed by atoms with E-state index in [0.29, 0.717) is 33.5 Å². The number of fused-ring (bicyclic) bond motifs is 1. The molecule has 0 bridgehead atoms. The lowest BCUT2D eigenvalue weighted by Gasteiger charge is -2.27. The molecule has 1 aromatic heterocycles. The number of nitriles is 1. The molecule has 0 saturated heterocycles. The van der Waals surface area contributed by atoms with E-state index in [0.717, 1.165) is 12.5 Å². The van der Waals surface area contributed by atoms with Crippen molar-refractivity contribution in [3.8, 4) is 22.9 Å². The summed E-state index contributed by atoms with van der Waals surface area (Å²) in [5.74, 6) is 0.253. The van der Waals surface area contributed by atoms with E-state index in [2.05, 4.69) is 18.8 Å². The van der Waals surface area contributed by atoms with E-state index in [1.165, 1.54) is 12.3 Å². The predicted molar refractivity (Wildman–Crippen MR) is 116 cm³/mol. The molecule has 0 spiro atoms. The number of ether oxygens (including phenoxy) is 1. The number of rotatable bonds is 6. The predicted octanol–water partition coefficient (Wildman–Crippen LogP) is 7.24. The summed E-state index contributed by atoms with van der Waals surface area (Å²) in [6, 6.07) is 12.8. The van der Waals surface area contributed by atoms with Crippen LogP contribution in [-0.2, 0) is 6.18 Å². The van der Waals surface area contributed by atoms with E-state index in [1.54, 1.807) is 30.3 Å². The summed E-state index contributed by atoms with van der Waals surface area (Å²) in [4.78, 5) is 4.25. The molecular weight excluding hydrogens is 401 g/mol. The second-order valence-corrected chi connectivity index (χ2v) is 8.96. The van der Waals surface area contributed by atoms with Gasteiger partial charge in [-0.1, -0.05) is 39.8 Å². The molecule has 6 heteroatoms. The Balaban J connectivity index is 2.01. The Morgan fingerprint density at radius 1 is 1.06 bits per heavy atom. The van der Waals surface area contributed by atoms with Crippen LogP contribution in [-0.4, -0.2) is 11.6 Å². The lowest BCUT2D eigenvalue weighted by atomic mass is 9.85. The van der Waals surface area contributed by atoms with E-state index >= 15 is 0 Å². The van der Waals surface area contributed by atoms with Crippen molar-refractivity contribution in [1.29, 1.82) is 5.26 Å². The van der Waals surface area contributed by atoms with E-state index in [4.69, 9.17) is 10.00 Å². The fourth-order valence-corrected chi connectivity index (χ4v) is 3.95. The van der Waals surface area contributed by atoms with Crippen molar-refractivity contribution >= 4 is 10.9 Å². The Hall–Kier alpha value is -3.07. The number of hydrogen-bond acceptors (Lipinski definition) is 3. The molecule has 0 radical (unpaired) electrons. The highest BCUT2D eigenvalue weighted by atomic mass is 19.4. The molecule has 3 rings (SSSR count). The van der Waals surface area contributed by atoms with Gasteiger partial charge in [-0.25, -0.2) is 0 Å². The number of hydrogen-bond donors (Lipinski definition) is 0. The van der Waals surface area contributed by atoms with E-state index < -0.39 is 11.7 Å². The minimum absolute atomic E-state index is 0.168. The van der Waals surface area contributed by atoms with Crippen molar-refractivity contribution in [1.82, 2.24) is 4.98 Å². The fourth-order valence-electron chi connectivity index (χ4n) is 3.95. The molecule has 0 amide bonds. The second kappa shape index (κ2) is 8.58. The Labute approximate surface area is 180 Å². The molecule has 31 heavy (non-hydrogen) atoms. The van der Waals surface area contributed by atoms with Crippen LogP contribution in [0.3, 0.4) is 0 Å². The van der Waals surface area contributed by atoms with Crippen LogP contribution in [0.5, 0.6) is 5.75 Å². The number of benzene rings is 2. The zero-order valence-corrected chi connectivity index (χ0v) is 18.0. The van der Waals surface area contributed by atoms with Gasteiger partial charge in [0.1, 0.15) is 5.75 Å². The van der Waals surface area contributed by atoms with Crippen LogP contribution < -0.4 is 4.74 Å². The topological polar surface area (TPSA) is 45.9 Å². The Bertz CT molecular complexity index is 1130. The smallest absolute Gasteiger partial charge is 0.419 e. The molecule has 0 saturated carbocycles. The van der Waals surface area contributed by atoms with Gasteiger partial charge in [-0.3, -0.25) is 4.98 Å². The third kappa shape index (κ3) is 5.35. The zero-order valence-electron chi connectivity index (χ0n) is 18.0. The summed E-state index contributed by atoms with van der Waals surface area (Å²) in [5, 5.41) is 9.76. The van der Waals surface area contributed by atoms with Gasteiger partial charge in [0.2, 0.25) is 0 Å². The van der Waals surface area contributed by atoms with Crippen LogP contribution in [0, 0.1) is 22.7 Å². The maximum absolute atomic E-state index is 13.9. The lowest BCUT2D eigenvalue weighted by molar-refractivity contribution is -0.139. The summed E-state index contributed by atoms with van der Waals surface area (Å²) < 4.78 is 47.2. The Kier molecular flexibility index (Phi) is 6.26. The molecule has 3 aromatic rings. The van der Waals surface area contributed by atoms with E-state index in [1.807, 2.05) is 19.9 Å². The fraction of sp³-hybridized carbons (Fsp3) is 0.360. The van der Waals surface area contributed by atoms with Gasteiger partial charge in [-0.15, -0.1) is 0 Å². The van der Waals surface area contributed by atoms with Crippen molar-refractivity contribution in [3.63, 3.8) is 0 Å². The first-order valence-corrected chi connectivity index (χ1v) is 10.1. The Morgan fingerprint density at radius 2 is 1.81 bits per heavy atom. The first-order valence-electron chi connectivity index (χ1n) is 10.1. The molecule has 0 fully saturated rings. The van der Waals surface area contributed by atoms with Gasteiger partial charge in [0.25, 0.3) is 0 Å². The molecule has 0 aliphatic carbocycles. The van der Waals surface area contributed by atoms with Crippen LogP contribution in [0.15, 0.2) is 48.7 Å². The van der Waals surface area contributed by atoms with Gasteiger partial charge in [0.05, 0.1) is 29.3 Å². The van der Waals surface area contributed by atoms with Gasteiger partial charge >= 0.3 is 6.18 Å². The minimum Gasteiger partial charge on any atom is -0.492 e. The Morgan fingerprint density at radius 3 is 2.45 bits per heavy atom. The largest absolute Gasteiger partial charge is 0.492 e. The number of alkyl halides is 3. The van der Waals surface area contributed by atoms with Gasteiger partial charge in [0.15, 0.2) is 0 Å². The molecular formula is C25H25F3N2O. The summed E-state index contributed by atoms with van der Waals surface area (Å²) >= 11 is 0. The molecule has 1 heterocycles. The SMILES string of the molecule is CC(C)CC(C)(C)COc1ccc(-c2ccnc3cc(C#N)ccc23)cc1C(F)(F)F. The normalized spacial score (nSPS) is 12.2. The molecule has 0 atom stereocenters. The van der Waals surface area contributed by atoms with Crippen LogP contribution in [0.1, 0.15) is 45.2 Å². The highest BCUT2D eigenvalue weighted by Gasteiger charge is 2.35. The van der Waals surface area contributed by atoms with Crippen LogP contribution >= 0.6 is 0 Å². The van der Waals surface area contributed by atoms with Gasteiger partial charge < -0.3 is 4.74 Å². The van der Waals surface area contributed by atoms with Crippen LogP contribution in [0.25, 0.3) is 22.0 Å². The molecule has 3 nitrogen and oxygen atoms in total. The zero-order chi connectivity index (χ0) is 22.8. The highest BCUT2D eigenvalue weighted by molar-refractivity contribution is 5.95. The highest BCUT2D eigenvalue weighted by Crippen LogP contribution is 2.40. The lowest BCUT2D eigenvalue weighted by Crippen LogP contribution is -2.24. The maximum Gasteiger partial charge on any atom is 0.419 e. The third-order valence-electron chi connectivity index (χ3n) is 5.05. The summed E-state index contributed by atoms with van der Waals surface area (Å²) in [7, 11) is 0. The van der Waals surface area contributed by atoms with Crippen LogP contribution in [0.4, 0.5) is 13.2 Å². The van der Waals surface area contributed by atoms with Gasteiger partial charge in [0, 0.05) is 11.6 Å². The van der Waals surface area contributed by atoms with E-state index in [9.17, 15) is 13.2 Å². The van der Waals surface area contributed by atoms with Crippen LogP contribution in [0.2, 0.25) is 0 Å². The number of nitrogens with zero attached hydrogens (tertiary/aromatic N) is 2. The number of pyridine rings is 1. The van der Waals surface area contributed by atoms with E-state index in [-0.39, 0.29) is 17.8 Å². The molecule has 0 aliphatic heterocycles. The third-order valence-corrected chi connectivity index (χ3v) is 5.05. The molecule has 0 N–H and O–H groups in total. The molecule has 2 aromatic carbocycles. The second-order valence-electron chi connectivity index (χ2n) is 8.96. The summed E-state index contributed by atoms with van der Waals surface area (Å²) in [6.07, 6.45) is -2.17. The monoisotopic (exact) mass is 426 g/mol. The summed E-state index contributed by atoms with van der Waals surface area (Å²) in [5.41, 5.74) is 0.991. The van der Waals surface area contributed by atoms with Crippen molar-refractivity contribution in [3.05, 3.63) is 59.8 Å². The van der Waals surface area contributed by atoms with Crippen molar-refractivity contribution in [2.45, 2.75) is 40.3 Å². The molecule has 0 unspecified atom stereocenters. The average molecular weight is 426 g/mol. The molecule has 0 aliphatic rings. The minimum atomic E-state index is -4.55. The number of halogens is 3. The first kappa shape index (κ1) is 22.6. The summed E-state index contributed by atoms with van der Waals surface area (Å²) in [6.45, 7) is 8.34. The van der Waals surface area contributed by atoms with Crippen molar-refractivity contribution in [2.75, 3.05) is 6.61 Å². The first-order chi connectivity index (χ1) is 14.5. The van der Waals surface area contributed by atoms with Crippen molar-refractivity contribution in [2.24, 2.45) is 11.3 Å². The molecule has 162 valence electrons. The quantitative estimate of drug-likeness (QED) is 0.417. The standard InChI is InChI=1S/C25H25F3N2O/c1-16(2)13-24(3,4)15-31-23-8-6-18(12-21(23)25(26,27)28)19-9-10-30-22-11-17(14-29)5-7-20(19)22/h5-12,16H,13,15H2,1-4H3. The van der Waals surface area contributed by atoms with Gasteiger partial charge in [-0.2, -0.15) is 18.4 Å². The number of aromatic nitrogens is 1.